The molecular formula is C7H17N3O2. The topological polar surface area (TPSA) is 76.4 Å². The van der Waals surface area contributed by atoms with Gasteiger partial charge in [-0.05, 0) is 20.8 Å². The lowest BCUT2D eigenvalue weighted by atomic mass is 10.2. The second-order valence-corrected chi connectivity index (χ2v) is 3.38. The van der Waals surface area contributed by atoms with E-state index in [0.29, 0.717) is 13.1 Å². The molecule has 12 heavy (non-hydrogen) atoms. The van der Waals surface area contributed by atoms with Crippen molar-refractivity contribution in [3.8, 4) is 0 Å². The van der Waals surface area contributed by atoms with Crippen LogP contribution in [0.3, 0.4) is 0 Å². The Bertz CT molecular complexity index is 142. The minimum absolute atomic E-state index is 0.419. The summed E-state index contributed by atoms with van der Waals surface area (Å²) in [5.74, 6) is 5.00. The fourth-order valence-electron chi connectivity index (χ4n) is 0.551. The summed E-state index contributed by atoms with van der Waals surface area (Å²) >= 11 is 0. The van der Waals surface area contributed by atoms with Crippen LogP contribution < -0.4 is 16.6 Å². The first-order valence-electron chi connectivity index (χ1n) is 3.86. The number of rotatable bonds is 3. The van der Waals surface area contributed by atoms with Crippen LogP contribution in [0.1, 0.15) is 20.8 Å². The number of hydrogen-bond acceptors (Lipinski definition) is 4. The Hall–Kier alpha value is -0.810. The number of ether oxygens (including phenoxy) is 1. The first-order chi connectivity index (χ1) is 5.45. The van der Waals surface area contributed by atoms with Gasteiger partial charge in [-0.1, -0.05) is 0 Å². The fourth-order valence-corrected chi connectivity index (χ4v) is 0.551. The molecule has 0 aliphatic carbocycles. The predicted molar refractivity (Wildman–Crippen MR) is 46.4 cm³/mol. The molecule has 0 aromatic rings. The van der Waals surface area contributed by atoms with Crippen molar-refractivity contribution in [3.05, 3.63) is 0 Å². The van der Waals surface area contributed by atoms with E-state index in [2.05, 4.69) is 10.7 Å². The smallest absolute Gasteiger partial charge is 0.407 e. The summed E-state index contributed by atoms with van der Waals surface area (Å²) in [5.41, 5.74) is 1.97. The van der Waals surface area contributed by atoms with Gasteiger partial charge in [0.05, 0.1) is 0 Å². The Morgan fingerprint density at radius 1 is 1.42 bits per heavy atom. The van der Waals surface area contributed by atoms with E-state index < -0.39 is 11.7 Å². The lowest BCUT2D eigenvalue weighted by Crippen LogP contribution is -2.37. The zero-order chi connectivity index (χ0) is 9.61. The van der Waals surface area contributed by atoms with Crippen molar-refractivity contribution in [2.45, 2.75) is 26.4 Å². The standard InChI is InChI=1S/C7H17N3O2/c1-7(2,3)12-6(11)9-4-5-10-8/h10H,4-5,8H2,1-3H3,(H,9,11). The van der Waals surface area contributed by atoms with Crippen LogP contribution in [0, 0.1) is 0 Å². The quantitative estimate of drug-likeness (QED) is 0.320. The number of amides is 1. The van der Waals surface area contributed by atoms with Crippen LogP contribution in [0.15, 0.2) is 0 Å². The first-order valence-corrected chi connectivity index (χ1v) is 3.86. The minimum Gasteiger partial charge on any atom is -0.444 e. The summed E-state index contributed by atoms with van der Waals surface area (Å²) in [7, 11) is 0. The highest BCUT2D eigenvalue weighted by Crippen LogP contribution is 2.05. The maximum absolute atomic E-state index is 10.9. The number of hydrazine groups is 1. The van der Waals surface area contributed by atoms with Crippen LogP contribution >= 0.6 is 0 Å². The summed E-state index contributed by atoms with van der Waals surface area (Å²) in [6, 6.07) is 0. The van der Waals surface area contributed by atoms with Crippen molar-refractivity contribution < 1.29 is 9.53 Å². The zero-order valence-corrected chi connectivity index (χ0v) is 7.81. The maximum atomic E-state index is 10.9. The van der Waals surface area contributed by atoms with Gasteiger partial charge < -0.3 is 10.1 Å². The SMILES string of the molecule is CC(C)(C)OC(=O)NCCNN. The molecule has 72 valence electrons. The Morgan fingerprint density at radius 2 is 2.00 bits per heavy atom. The molecule has 0 aromatic heterocycles. The van der Waals surface area contributed by atoms with Crippen LogP contribution in [0.25, 0.3) is 0 Å². The molecule has 5 nitrogen and oxygen atoms in total. The highest BCUT2D eigenvalue weighted by Gasteiger charge is 2.14. The fraction of sp³-hybridized carbons (Fsp3) is 0.857. The van der Waals surface area contributed by atoms with Gasteiger partial charge in [0.2, 0.25) is 0 Å². The maximum Gasteiger partial charge on any atom is 0.407 e. The molecule has 0 spiro atoms. The van der Waals surface area contributed by atoms with E-state index in [0.717, 1.165) is 0 Å². The van der Waals surface area contributed by atoms with E-state index in [1.165, 1.54) is 0 Å². The van der Waals surface area contributed by atoms with Gasteiger partial charge in [-0.2, -0.15) is 0 Å². The van der Waals surface area contributed by atoms with Gasteiger partial charge in [0.15, 0.2) is 0 Å². The van der Waals surface area contributed by atoms with Crippen LogP contribution in [-0.2, 0) is 4.74 Å². The molecule has 0 aliphatic heterocycles. The van der Waals surface area contributed by atoms with Gasteiger partial charge in [0, 0.05) is 13.1 Å². The average Bonchev–Trinajstić information content (AvgIpc) is 1.84. The molecule has 0 unspecified atom stereocenters. The van der Waals surface area contributed by atoms with Crippen LogP contribution in [0.4, 0.5) is 4.79 Å². The van der Waals surface area contributed by atoms with Gasteiger partial charge >= 0.3 is 6.09 Å². The van der Waals surface area contributed by atoms with Crippen molar-refractivity contribution in [2.75, 3.05) is 13.1 Å². The number of alkyl carbamates (subject to hydrolysis) is 1. The summed E-state index contributed by atoms with van der Waals surface area (Å²) in [6.45, 7) is 6.43. The van der Waals surface area contributed by atoms with Gasteiger partial charge in [-0.3, -0.25) is 11.3 Å². The Morgan fingerprint density at radius 3 is 2.42 bits per heavy atom. The van der Waals surface area contributed by atoms with Crippen molar-refractivity contribution in [1.82, 2.24) is 10.7 Å². The third-order valence-corrected chi connectivity index (χ3v) is 0.938. The van der Waals surface area contributed by atoms with E-state index in [9.17, 15) is 4.79 Å². The number of hydrogen-bond donors (Lipinski definition) is 3. The van der Waals surface area contributed by atoms with E-state index >= 15 is 0 Å². The molecule has 4 N–H and O–H groups in total. The summed E-state index contributed by atoms with van der Waals surface area (Å²) < 4.78 is 4.97. The van der Waals surface area contributed by atoms with E-state index in [1.54, 1.807) is 0 Å². The predicted octanol–water partition coefficient (Wildman–Crippen LogP) is -0.0256. The summed E-state index contributed by atoms with van der Waals surface area (Å²) in [5, 5.41) is 2.54. The van der Waals surface area contributed by atoms with E-state index in [4.69, 9.17) is 10.6 Å². The van der Waals surface area contributed by atoms with Gasteiger partial charge in [-0.25, -0.2) is 4.79 Å². The molecule has 1 amide bonds. The normalized spacial score (nSPS) is 11.0. The Kier molecular flexibility index (Phi) is 4.61. The average molecular weight is 175 g/mol. The molecule has 0 saturated heterocycles. The third kappa shape index (κ3) is 7.30. The number of carbonyl (C=O) groups excluding carboxylic acids is 1. The van der Waals surface area contributed by atoms with Gasteiger partial charge in [0.1, 0.15) is 5.60 Å². The second kappa shape index (κ2) is 4.95. The lowest BCUT2D eigenvalue weighted by molar-refractivity contribution is 0.0528. The molecule has 0 aliphatic rings. The molecule has 0 saturated carbocycles. The summed E-state index contributed by atoms with van der Waals surface area (Å²) in [4.78, 5) is 10.9. The highest BCUT2D eigenvalue weighted by atomic mass is 16.6. The molecule has 0 heterocycles. The molecule has 0 aromatic carbocycles. The van der Waals surface area contributed by atoms with Crippen LogP contribution in [0.5, 0.6) is 0 Å². The molecular weight excluding hydrogens is 158 g/mol. The monoisotopic (exact) mass is 175 g/mol. The minimum atomic E-state index is -0.444. The lowest BCUT2D eigenvalue weighted by Gasteiger charge is -2.19. The Labute approximate surface area is 72.6 Å². The number of nitrogens with one attached hydrogen (secondary N) is 2. The van der Waals surface area contributed by atoms with Crippen molar-refractivity contribution in [1.29, 1.82) is 0 Å². The molecule has 5 heteroatoms. The number of nitrogens with two attached hydrogens (primary N) is 1. The number of carbonyl (C=O) groups is 1. The zero-order valence-electron chi connectivity index (χ0n) is 7.81. The van der Waals surface area contributed by atoms with Crippen molar-refractivity contribution >= 4 is 6.09 Å². The van der Waals surface area contributed by atoms with Crippen LogP contribution in [-0.4, -0.2) is 24.8 Å². The van der Waals surface area contributed by atoms with Crippen molar-refractivity contribution in [3.63, 3.8) is 0 Å². The highest BCUT2D eigenvalue weighted by molar-refractivity contribution is 5.67. The Balaban J connectivity index is 3.47. The summed E-state index contributed by atoms with van der Waals surface area (Å²) in [6.07, 6.45) is -0.419. The first kappa shape index (κ1) is 11.2. The van der Waals surface area contributed by atoms with E-state index in [1.807, 2.05) is 20.8 Å². The molecule has 0 rings (SSSR count). The second-order valence-electron chi connectivity index (χ2n) is 3.38. The molecule has 0 fully saturated rings. The molecule has 0 atom stereocenters. The van der Waals surface area contributed by atoms with Gasteiger partial charge in [-0.15, -0.1) is 0 Å². The third-order valence-electron chi connectivity index (χ3n) is 0.938. The van der Waals surface area contributed by atoms with Gasteiger partial charge in [0.25, 0.3) is 0 Å². The van der Waals surface area contributed by atoms with E-state index in [-0.39, 0.29) is 0 Å². The van der Waals surface area contributed by atoms with Crippen LogP contribution in [0.2, 0.25) is 0 Å². The largest absolute Gasteiger partial charge is 0.444 e. The molecule has 0 radical (unpaired) electrons. The van der Waals surface area contributed by atoms with Crippen molar-refractivity contribution in [2.24, 2.45) is 5.84 Å². The molecule has 0 bridgehead atoms.